The second-order valence-corrected chi connectivity index (χ2v) is 13.7. The van der Waals surface area contributed by atoms with E-state index in [0.717, 1.165) is 5.56 Å². The van der Waals surface area contributed by atoms with E-state index < -0.39 is 14.4 Å². The van der Waals surface area contributed by atoms with E-state index in [1.54, 1.807) is 4.90 Å². The topological polar surface area (TPSA) is 59.1 Å². The number of hydrogen-bond donors (Lipinski definition) is 0. The Hall–Kier alpha value is -2.30. The molecule has 2 amide bonds. The van der Waals surface area contributed by atoms with Crippen molar-refractivity contribution in [1.29, 1.82) is 0 Å². The first-order valence-corrected chi connectivity index (χ1v) is 12.8. The fourth-order valence-electron chi connectivity index (χ4n) is 2.80. The maximum absolute atomic E-state index is 12.6. The summed E-state index contributed by atoms with van der Waals surface area (Å²) in [5.41, 5.74) is 0.899. The molecule has 2 rings (SSSR count). The summed E-state index contributed by atoms with van der Waals surface area (Å²) in [6.07, 6.45) is 4.96. The van der Waals surface area contributed by atoms with E-state index in [1.807, 2.05) is 30.3 Å². The largest absolute Gasteiger partial charge is 0.445 e. The molecule has 0 aromatic heterocycles. The Morgan fingerprint density at radius 2 is 1.93 bits per heavy atom. The van der Waals surface area contributed by atoms with Crippen LogP contribution in [-0.4, -0.2) is 62.4 Å². The standard InChI is InChI=1S/C22H32N2O4Si/c1-7-13-24-19(17-28-29(5,6)22(2,3)4)14-23(15-20(24)25)21(26)27-16-18-11-9-8-10-12-18/h1,8-12,19H,13-17H2,2-6H3/t19-/m1/s1. The Kier molecular flexibility index (Phi) is 7.50. The molecule has 1 aliphatic rings. The van der Waals surface area contributed by atoms with Crippen LogP contribution in [0.2, 0.25) is 18.1 Å². The number of terminal acetylenes is 1. The Morgan fingerprint density at radius 1 is 1.28 bits per heavy atom. The Morgan fingerprint density at radius 3 is 2.52 bits per heavy atom. The zero-order chi connectivity index (χ0) is 21.7. The van der Waals surface area contributed by atoms with Crippen LogP contribution < -0.4 is 0 Å². The monoisotopic (exact) mass is 416 g/mol. The van der Waals surface area contributed by atoms with Gasteiger partial charge in [0.25, 0.3) is 0 Å². The van der Waals surface area contributed by atoms with Crippen LogP contribution in [0.4, 0.5) is 4.79 Å². The van der Waals surface area contributed by atoms with Gasteiger partial charge in [0.05, 0.1) is 19.2 Å². The maximum atomic E-state index is 12.6. The second kappa shape index (κ2) is 9.46. The molecule has 0 aliphatic carbocycles. The number of nitrogens with zero attached hydrogens (tertiary/aromatic N) is 2. The molecular formula is C22H32N2O4Si. The average Bonchev–Trinajstić information content (AvgIpc) is 2.66. The van der Waals surface area contributed by atoms with Crippen LogP contribution in [-0.2, 0) is 20.6 Å². The molecule has 0 radical (unpaired) electrons. The first kappa shape index (κ1) is 23.0. The molecule has 1 aromatic carbocycles. The van der Waals surface area contributed by atoms with Crippen LogP contribution >= 0.6 is 0 Å². The van der Waals surface area contributed by atoms with Crippen LogP contribution in [0.25, 0.3) is 0 Å². The summed E-state index contributed by atoms with van der Waals surface area (Å²) in [4.78, 5) is 28.3. The van der Waals surface area contributed by atoms with E-state index >= 15 is 0 Å². The van der Waals surface area contributed by atoms with E-state index in [4.69, 9.17) is 15.6 Å². The maximum Gasteiger partial charge on any atom is 0.410 e. The first-order chi connectivity index (χ1) is 13.5. The van der Waals surface area contributed by atoms with Crippen molar-refractivity contribution < 1.29 is 18.8 Å². The van der Waals surface area contributed by atoms with Gasteiger partial charge < -0.3 is 14.1 Å². The molecule has 6 nitrogen and oxygen atoms in total. The quantitative estimate of drug-likeness (QED) is 0.526. The zero-order valence-corrected chi connectivity index (χ0v) is 19.1. The summed E-state index contributed by atoms with van der Waals surface area (Å²) in [5, 5.41) is 0.0525. The molecule has 1 aliphatic heterocycles. The molecule has 1 saturated heterocycles. The van der Waals surface area contributed by atoms with Gasteiger partial charge in [0.15, 0.2) is 8.32 Å². The predicted octanol–water partition coefficient (Wildman–Crippen LogP) is 3.49. The first-order valence-electron chi connectivity index (χ1n) is 9.87. The van der Waals surface area contributed by atoms with Crippen LogP contribution in [0.1, 0.15) is 26.3 Å². The SMILES string of the molecule is C#CCN1C(=O)CN(C(=O)OCc2ccccc2)C[C@@H]1CO[Si](C)(C)C(C)(C)C. The van der Waals surface area contributed by atoms with Gasteiger partial charge in [0.2, 0.25) is 5.91 Å². The van der Waals surface area contributed by atoms with Crippen molar-refractivity contribution in [3.05, 3.63) is 35.9 Å². The molecule has 29 heavy (non-hydrogen) atoms. The van der Waals surface area contributed by atoms with Crippen LogP contribution in [0.15, 0.2) is 30.3 Å². The van der Waals surface area contributed by atoms with Crippen LogP contribution in [0, 0.1) is 12.3 Å². The van der Waals surface area contributed by atoms with Crippen molar-refractivity contribution in [1.82, 2.24) is 9.80 Å². The average molecular weight is 417 g/mol. The summed E-state index contributed by atoms with van der Waals surface area (Å²) < 4.78 is 11.7. The summed E-state index contributed by atoms with van der Waals surface area (Å²) in [6.45, 7) is 11.9. The highest BCUT2D eigenvalue weighted by molar-refractivity contribution is 6.74. The minimum absolute atomic E-state index is 0.0358. The lowest BCUT2D eigenvalue weighted by Gasteiger charge is -2.42. The lowest BCUT2D eigenvalue weighted by Crippen LogP contribution is -2.60. The lowest BCUT2D eigenvalue weighted by molar-refractivity contribution is -0.139. The third-order valence-electron chi connectivity index (χ3n) is 5.69. The molecule has 0 spiro atoms. The fourth-order valence-corrected chi connectivity index (χ4v) is 3.85. The molecular weight excluding hydrogens is 384 g/mol. The van der Waals surface area contributed by atoms with Gasteiger partial charge in [-0.1, -0.05) is 57.0 Å². The van der Waals surface area contributed by atoms with Gasteiger partial charge in [-0.15, -0.1) is 6.42 Å². The minimum atomic E-state index is -2.00. The third-order valence-corrected chi connectivity index (χ3v) is 10.2. The Labute approximate surface area is 175 Å². The van der Waals surface area contributed by atoms with Crippen molar-refractivity contribution in [2.75, 3.05) is 26.2 Å². The van der Waals surface area contributed by atoms with Crippen molar-refractivity contribution in [2.45, 2.75) is 51.6 Å². The van der Waals surface area contributed by atoms with Gasteiger partial charge in [-0.2, -0.15) is 0 Å². The van der Waals surface area contributed by atoms with Gasteiger partial charge in [0.1, 0.15) is 13.2 Å². The van der Waals surface area contributed by atoms with Crippen molar-refractivity contribution in [3.63, 3.8) is 0 Å². The second-order valence-electron chi connectivity index (χ2n) is 8.87. The Bertz CT molecular complexity index is 752. The number of piperazine rings is 1. The molecule has 1 heterocycles. The van der Waals surface area contributed by atoms with Crippen molar-refractivity contribution >= 4 is 20.3 Å². The summed E-state index contributed by atoms with van der Waals surface area (Å²) >= 11 is 0. The molecule has 1 atom stereocenters. The highest BCUT2D eigenvalue weighted by Gasteiger charge is 2.40. The number of ether oxygens (including phenoxy) is 1. The summed E-state index contributed by atoms with van der Waals surface area (Å²) in [5.74, 6) is 2.36. The fraction of sp³-hybridized carbons (Fsp3) is 0.545. The lowest BCUT2D eigenvalue weighted by atomic mass is 10.1. The van der Waals surface area contributed by atoms with E-state index in [2.05, 4.69) is 39.8 Å². The third kappa shape index (κ3) is 6.08. The van der Waals surface area contributed by atoms with E-state index in [-0.39, 0.29) is 36.7 Å². The zero-order valence-electron chi connectivity index (χ0n) is 18.1. The van der Waals surface area contributed by atoms with Crippen LogP contribution in [0.5, 0.6) is 0 Å². The number of carbonyl (C=O) groups excluding carboxylic acids is 2. The molecule has 158 valence electrons. The molecule has 0 N–H and O–H groups in total. The van der Waals surface area contributed by atoms with Crippen molar-refractivity contribution in [2.24, 2.45) is 0 Å². The summed E-state index contributed by atoms with van der Waals surface area (Å²) in [6, 6.07) is 9.17. The van der Waals surface area contributed by atoms with E-state index in [9.17, 15) is 9.59 Å². The highest BCUT2D eigenvalue weighted by Crippen LogP contribution is 2.36. The normalized spacial score (nSPS) is 17.8. The van der Waals surface area contributed by atoms with Gasteiger partial charge >= 0.3 is 6.09 Å². The molecule has 0 bridgehead atoms. The molecule has 1 fully saturated rings. The smallest absolute Gasteiger partial charge is 0.410 e. The van der Waals surface area contributed by atoms with Gasteiger partial charge in [-0.25, -0.2) is 4.79 Å². The Balaban J connectivity index is 2.04. The predicted molar refractivity (Wildman–Crippen MR) is 116 cm³/mol. The number of rotatable bonds is 6. The van der Waals surface area contributed by atoms with Crippen molar-refractivity contribution in [3.8, 4) is 12.3 Å². The van der Waals surface area contributed by atoms with Crippen LogP contribution in [0.3, 0.4) is 0 Å². The van der Waals surface area contributed by atoms with E-state index in [0.29, 0.717) is 13.2 Å². The highest BCUT2D eigenvalue weighted by atomic mass is 28.4. The molecule has 0 saturated carbocycles. The van der Waals surface area contributed by atoms with Gasteiger partial charge in [-0.3, -0.25) is 9.69 Å². The molecule has 1 aromatic rings. The number of amides is 2. The minimum Gasteiger partial charge on any atom is -0.445 e. The molecule has 7 heteroatoms. The number of benzene rings is 1. The van der Waals surface area contributed by atoms with Gasteiger partial charge in [-0.05, 0) is 23.7 Å². The number of hydrogen-bond acceptors (Lipinski definition) is 4. The van der Waals surface area contributed by atoms with Gasteiger partial charge in [0, 0.05) is 6.54 Å². The molecule has 0 unspecified atom stereocenters. The number of carbonyl (C=O) groups is 2. The van der Waals surface area contributed by atoms with E-state index in [1.165, 1.54) is 4.90 Å². The summed E-state index contributed by atoms with van der Waals surface area (Å²) in [7, 11) is -2.00.